The van der Waals surface area contributed by atoms with Gasteiger partial charge in [0.2, 0.25) is 5.96 Å². The molecule has 0 aromatic heterocycles. The van der Waals surface area contributed by atoms with E-state index in [1.165, 1.54) is 6.07 Å². The zero-order valence-electron chi connectivity index (χ0n) is 9.28. The van der Waals surface area contributed by atoms with Crippen molar-refractivity contribution in [3.8, 4) is 0 Å². The molecular weight excluding hydrogens is 306 g/mol. The molecule has 1 rings (SSSR count). The van der Waals surface area contributed by atoms with Gasteiger partial charge in [0.15, 0.2) is 5.96 Å². The average molecular weight is 316 g/mol. The lowest BCUT2D eigenvalue weighted by atomic mass is 10.2. The maximum atomic E-state index is 12.5. The van der Waals surface area contributed by atoms with E-state index in [4.69, 9.17) is 28.8 Å². The highest BCUT2D eigenvalue weighted by Crippen LogP contribution is 2.36. The summed E-state index contributed by atoms with van der Waals surface area (Å²) in [7, 11) is 0. The summed E-state index contributed by atoms with van der Waals surface area (Å²) in [4.78, 5) is 6.98. The molecule has 1 aromatic rings. The fraction of sp³-hybridized carbons (Fsp3) is 0.111. The second kappa shape index (κ2) is 6.48. The minimum atomic E-state index is -4.58. The van der Waals surface area contributed by atoms with Crippen LogP contribution in [0.1, 0.15) is 5.56 Å². The van der Waals surface area contributed by atoms with Crippen LogP contribution in [0.5, 0.6) is 0 Å². The van der Waals surface area contributed by atoms with Crippen LogP contribution >= 0.6 is 24.0 Å². The van der Waals surface area contributed by atoms with Crippen molar-refractivity contribution in [2.75, 3.05) is 0 Å². The Hall–Kier alpha value is -1.67. The summed E-state index contributed by atoms with van der Waals surface area (Å²) in [6, 6.07) is 3.07. The molecular formula is C9H10Cl2F3N5. The maximum absolute atomic E-state index is 12.5. The van der Waals surface area contributed by atoms with Gasteiger partial charge in [0.1, 0.15) is 0 Å². The van der Waals surface area contributed by atoms with Gasteiger partial charge in [0.05, 0.1) is 16.3 Å². The van der Waals surface area contributed by atoms with Crippen LogP contribution in [0.15, 0.2) is 28.2 Å². The lowest BCUT2D eigenvalue weighted by molar-refractivity contribution is -0.137. The molecule has 0 unspecified atom stereocenters. The zero-order chi connectivity index (χ0) is 13.9. The highest BCUT2D eigenvalue weighted by Gasteiger charge is 2.33. The van der Waals surface area contributed by atoms with Crippen molar-refractivity contribution < 1.29 is 13.2 Å². The Morgan fingerprint density at radius 3 is 2.21 bits per heavy atom. The van der Waals surface area contributed by atoms with Crippen LogP contribution in [0.2, 0.25) is 5.02 Å². The highest BCUT2D eigenvalue weighted by atomic mass is 35.5. The molecule has 0 amide bonds. The van der Waals surface area contributed by atoms with Gasteiger partial charge in [-0.2, -0.15) is 18.2 Å². The predicted molar refractivity (Wildman–Crippen MR) is 70.8 cm³/mol. The zero-order valence-corrected chi connectivity index (χ0v) is 10.9. The van der Waals surface area contributed by atoms with Crippen molar-refractivity contribution in [3.63, 3.8) is 0 Å². The van der Waals surface area contributed by atoms with E-state index in [0.717, 1.165) is 12.1 Å². The monoisotopic (exact) mass is 315 g/mol. The van der Waals surface area contributed by atoms with Crippen LogP contribution in [0.4, 0.5) is 18.9 Å². The Morgan fingerprint density at radius 1 is 1.16 bits per heavy atom. The third-order valence-electron chi connectivity index (χ3n) is 1.74. The van der Waals surface area contributed by atoms with Gasteiger partial charge in [-0.25, -0.2) is 4.99 Å². The standard InChI is InChI=1S/C9H9ClF3N5.ClH/c10-6-2-1-4(3-5(6)9(11,12)13)17-8(16)18-7(14)15;/h1-3H,(H6,14,15,16,17,18);1H. The van der Waals surface area contributed by atoms with Gasteiger partial charge in [0.25, 0.3) is 0 Å². The topological polar surface area (TPSA) is 103 Å². The lowest BCUT2D eigenvalue weighted by Crippen LogP contribution is -2.26. The van der Waals surface area contributed by atoms with E-state index in [2.05, 4.69) is 9.98 Å². The number of nitrogens with two attached hydrogens (primary N) is 3. The minimum absolute atomic E-state index is 0. The van der Waals surface area contributed by atoms with E-state index in [1.807, 2.05) is 0 Å². The first-order chi connectivity index (χ1) is 8.20. The van der Waals surface area contributed by atoms with Gasteiger partial charge in [-0.3, -0.25) is 0 Å². The van der Waals surface area contributed by atoms with E-state index >= 15 is 0 Å². The van der Waals surface area contributed by atoms with Gasteiger partial charge in [-0.15, -0.1) is 12.4 Å². The Labute approximate surface area is 117 Å². The largest absolute Gasteiger partial charge is 0.417 e. The third kappa shape index (κ3) is 5.23. The number of nitrogens with zero attached hydrogens (tertiary/aromatic N) is 2. The van der Waals surface area contributed by atoms with Crippen LogP contribution < -0.4 is 17.2 Å². The molecule has 0 heterocycles. The van der Waals surface area contributed by atoms with Crippen molar-refractivity contribution in [1.29, 1.82) is 0 Å². The van der Waals surface area contributed by atoms with Gasteiger partial charge in [-0.1, -0.05) is 11.6 Å². The molecule has 0 bridgehead atoms. The molecule has 10 heteroatoms. The number of halogens is 5. The lowest BCUT2D eigenvalue weighted by Gasteiger charge is -2.09. The minimum Gasteiger partial charge on any atom is -0.370 e. The quantitative estimate of drug-likeness (QED) is 0.545. The molecule has 106 valence electrons. The summed E-state index contributed by atoms with van der Waals surface area (Å²) in [6.45, 7) is 0. The SMILES string of the molecule is Cl.NC(N)=NC(N)=Nc1ccc(Cl)c(C(F)(F)F)c1. The molecule has 0 saturated carbocycles. The van der Waals surface area contributed by atoms with Crippen LogP contribution in [-0.2, 0) is 6.18 Å². The normalized spacial score (nSPS) is 11.7. The number of hydrogen-bond donors (Lipinski definition) is 3. The highest BCUT2D eigenvalue weighted by molar-refractivity contribution is 6.31. The molecule has 0 aliphatic heterocycles. The Balaban J connectivity index is 0.00000324. The molecule has 1 aromatic carbocycles. The molecule has 19 heavy (non-hydrogen) atoms. The molecule has 0 saturated heterocycles. The number of alkyl halides is 3. The fourth-order valence-corrected chi connectivity index (χ4v) is 1.31. The molecule has 6 N–H and O–H groups in total. The number of guanidine groups is 2. The van der Waals surface area contributed by atoms with Crippen LogP contribution in [0.25, 0.3) is 0 Å². The van der Waals surface area contributed by atoms with Crippen molar-refractivity contribution in [1.82, 2.24) is 0 Å². The summed E-state index contributed by atoms with van der Waals surface area (Å²) in [5.41, 5.74) is 14.3. The number of aliphatic imine (C=N–C) groups is 2. The smallest absolute Gasteiger partial charge is 0.370 e. The summed E-state index contributed by atoms with van der Waals surface area (Å²) in [6.07, 6.45) is -4.58. The van der Waals surface area contributed by atoms with Gasteiger partial charge < -0.3 is 17.2 Å². The van der Waals surface area contributed by atoms with Crippen LogP contribution in [0, 0.1) is 0 Å². The number of rotatable bonds is 1. The third-order valence-corrected chi connectivity index (χ3v) is 2.07. The average Bonchev–Trinajstić information content (AvgIpc) is 2.17. The first-order valence-electron chi connectivity index (χ1n) is 4.50. The molecule has 0 aliphatic rings. The van der Waals surface area contributed by atoms with Crippen molar-refractivity contribution >= 4 is 41.6 Å². The van der Waals surface area contributed by atoms with Gasteiger partial charge in [-0.05, 0) is 18.2 Å². The number of hydrogen-bond acceptors (Lipinski definition) is 1. The molecule has 0 fully saturated rings. The first-order valence-corrected chi connectivity index (χ1v) is 4.88. The molecule has 5 nitrogen and oxygen atoms in total. The first kappa shape index (κ1) is 17.3. The van der Waals surface area contributed by atoms with E-state index in [0.29, 0.717) is 0 Å². The summed E-state index contributed by atoms with van der Waals surface area (Å²) >= 11 is 5.43. The maximum Gasteiger partial charge on any atom is 0.417 e. The van der Waals surface area contributed by atoms with Crippen molar-refractivity contribution in [2.24, 2.45) is 27.2 Å². The molecule has 0 radical (unpaired) electrons. The summed E-state index contributed by atoms with van der Waals surface area (Å²) in [5.74, 6) is -0.702. The van der Waals surface area contributed by atoms with E-state index in [9.17, 15) is 13.2 Å². The predicted octanol–water partition coefficient (Wildman–Crippen LogP) is 2.00. The Morgan fingerprint density at radius 2 is 1.74 bits per heavy atom. The van der Waals surface area contributed by atoms with E-state index in [1.54, 1.807) is 0 Å². The number of benzene rings is 1. The molecule has 0 aliphatic carbocycles. The van der Waals surface area contributed by atoms with E-state index < -0.39 is 16.8 Å². The van der Waals surface area contributed by atoms with Crippen molar-refractivity contribution in [3.05, 3.63) is 28.8 Å². The van der Waals surface area contributed by atoms with Crippen LogP contribution in [0.3, 0.4) is 0 Å². The second-order valence-electron chi connectivity index (χ2n) is 3.17. The van der Waals surface area contributed by atoms with Gasteiger partial charge >= 0.3 is 6.18 Å². The molecule has 0 atom stereocenters. The van der Waals surface area contributed by atoms with Crippen LogP contribution in [-0.4, -0.2) is 11.9 Å². The summed E-state index contributed by atoms with van der Waals surface area (Å²) in [5, 5.41) is -0.429. The molecule has 0 spiro atoms. The van der Waals surface area contributed by atoms with E-state index in [-0.39, 0.29) is 30.0 Å². The van der Waals surface area contributed by atoms with Crippen molar-refractivity contribution in [2.45, 2.75) is 6.18 Å². The summed E-state index contributed by atoms with van der Waals surface area (Å²) < 4.78 is 37.6. The van der Waals surface area contributed by atoms with Gasteiger partial charge in [0, 0.05) is 0 Å². The Bertz CT molecular complexity index is 509. The fourth-order valence-electron chi connectivity index (χ4n) is 1.09. The Kier molecular flexibility index (Phi) is 5.91. The second-order valence-corrected chi connectivity index (χ2v) is 3.58.